The summed E-state index contributed by atoms with van der Waals surface area (Å²) in [5.74, 6) is -0.760. The van der Waals surface area contributed by atoms with Crippen LogP contribution in [0.25, 0.3) is 0 Å². The Kier molecular flexibility index (Phi) is 4.39. The van der Waals surface area contributed by atoms with Crippen LogP contribution in [0.5, 0.6) is 0 Å². The van der Waals surface area contributed by atoms with E-state index in [-0.39, 0.29) is 30.6 Å². The predicted molar refractivity (Wildman–Crippen MR) is 77.7 cm³/mol. The fraction of sp³-hybridized carbons (Fsp3) is 0.571. The molecule has 0 aliphatic carbocycles. The van der Waals surface area contributed by atoms with Gasteiger partial charge in [0.15, 0.2) is 0 Å². The minimum absolute atomic E-state index is 0.161. The molecule has 0 amide bonds. The number of halogens is 1. The molecule has 1 saturated heterocycles. The molecular weight excluding hydrogens is 295 g/mol. The third-order valence-corrected chi connectivity index (χ3v) is 5.21. The summed E-state index contributed by atoms with van der Waals surface area (Å²) in [6, 6.07) is 3.93. The first-order chi connectivity index (χ1) is 9.65. The highest BCUT2D eigenvalue weighted by atomic mass is 32.2. The largest absolute Gasteiger partial charge is 0.370 e. The zero-order chi connectivity index (χ0) is 15.8. The van der Waals surface area contributed by atoms with E-state index in [0.717, 1.165) is 6.07 Å². The highest BCUT2D eigenvalue weighted by Crippen LogP contribution is 2.28. The summed E-state index contributed by atoms with van der Waals surface area (Å²) < 4.78 is 46.3. The first kappa shape index (κ1) is 16.4. The van der Waals surface area contributed by atoms with Crippen LogP contribution in [0.1, 0.15) is 26.3 Å². The highest BCUT2D eigenvalue weighted by molar-refractivity contribution is 7.89. The average Bonchev–Trinajstić information content (AvgIpc) is 2.36. The van der Waals surface area contributed by atoms with E-state index >= 15 is 0 Å². The number of sulfonamides is 1. The maximum atomic E-state index is 14.0. The van der Waals surface area contributed by atoms with Gasteiger partial charge in [-0.15, -0.1) is 0 Å². The zero-order valence-corrected chi connectivity index (χ0v) is 13.3. The molecule has 1 heterocycles. The summed E-state index contributed by atoms with van der Waals surface area (Å²) in [7, 11) is -3.91. The Labute approximate surface area is 124 Å². The Morgan fingerprint density at radius 3 is 2.71 bits per heavy atom. The Morgan fingerprint density at radius 1 is 1.48 bits per heavy atom. The van der Waals surface area contributed by atoms with Crippen molar-refractivity contribution in [2.75, 3.05) is 13.1 Å². The molecule has 1 aliphatic rings. The van der Waals surface area contributed by atoms with E-state index in [1.807, 2.05) is 13.8 Å². The fourth-order valence-electron chi connectivity index (χ4n) is 2.59. The molecule has 2 rings (SSSR count). The van der Waals surface area contributed by atoms with Crippen LogP contribution in [-0.4, -0.2) is 37.5 Å². The second-order valence-electron chi connectivity index (χ2n) is 5.95. The van der Waals surface area contributed by atoms with Gasteiger partial charge < -0.3 is 10.5 Å². The Morgan fingerprint density at radius 2 is 2.14 bits per heavy atom. The van der Waals surface area contributed by atoms with Crippen LogP contribution in [0, 0.1) is 5.82 Å². The molecular formula is C14H21FN2O3S. The van der Waals surface area contributed by atoms with Crippen molar-refractivity contribution < 1.29 is 17.5 Å². The van der Waals surface area contributed by atoms with Gasteiger partial charge in [-0.1, -0.05) is 6.07 Å². The van der Waals surface area contributed by atoms with Crippen molar-refractivity contribution in [3.63, 3.8) is 0 Å². The molecule has 118 valence electrons. The normalized spacial score (nSPS) is 23.2. The third-order valence-electron chi connectivity index (χ3n) is 3.39. The number of hydrogen-bond acceptors (Lipinski definition) is 4. The lowest BCUT2D eigenvalue weighted by molar-refractivity contribution is -0.109. The third kappa shape index (κ3) is 3.42. The summed E-state index contributed by atoms with van der Waals surface area (Å²) in [5.41, 5.74) is 5.48. The van der Waals surface area contributed by atoms with Crippen molar-refractivity contribution in [3.05, 3.63) is 29.6 Å². The smallest absolute Gasteiger partial charge is 0.246 e. The lowest BCUT2D eigenvalue weighted by atomic mass is 10.1. The standard InChI is InChI=1S/C14H21FN2O3S/c1-10-8-17(9-14(2,3)20-10)21(18,19)13-6-11(7-16)4-5-12(13)15/h4-6,10H,7-9,16H2,1-3H3. The zero-order valence-electron chi connectivity index (χ0n) is 12.5. The molecule has 21 heavy (non-hydrogen) atoms. The van der Waals surface area contributed by atoms with E-state index in [1.165, 1.54) is 16.4 Å². The molecule has 1 aromatic carbocycles. The minimum Gasteiger partial charge on any atom is -0.370 e. The summed E-state index contributed by atoms with van der Waals surface area (Å²) in [5, 5.41) is 0. The van der Waals surface area contributed by atoms with Crippen molar-refractivity contribution >= 4 is 10.0 Å². The van der Waals surface area contributed by atoms with Gasteiger partial charge in [0.2, 0.25) is 10.0 Å². The molecule has 5 nitrogen and oxygen atoms in total. The van der Waals surface area contributed by atoms with Gasteiger partial charge in [0.05, 0.1) is 11.7 Å². The number of nitrogens with zero attached hydrogens (tertiary/aromatic N) is 1. The molecule has 1 atom stereocenters. The van der Waals surface area contributed by atoms with Crippen LogP contribution in [0.15, 0.2) is 23.1 Å². The van der Waals surface area contributed by atoms with Gasteiger partial charge in [0.1, 0.15) is 10.7 Å². The molecule has 1 aromatic rings. The molecule has 0 bridgehead atoms. The van der Waals surface area contributed by atoms with Crippen molar-refractivity contribution in [1.82, 2.24) is 4.31 Å². The average molecular weight is 316 g/mol. The Balaban J connectivity index is 2.42. The maximum Gasteiger partial charge on any atom is 0.246 e. The molecule has 1 aliphatic heterocycles. The maximum absolute atomic E-state index is 14.0. The summed E-state index contributed by atoms with van der Waals surface area (Å²) in [6.45, 7) is 5.99. The number of rotatable bonds is 3. The monoisotopic (exact) mass is 316 g/mol. The van der Waals surface area contributed by atoms with Gasteiger partial charge in [-0.3, -0.25) is 0 Å². The second-order valence-corrected chi connectivity index (χ2v) is 7.86. The summed E-state index contributed by atoms with van der Waals surface area (Å²) in [6.07, 6.45) is -0.246. The van der Waals surface area contributed by atoms with Crippen molar-refractivity contribution in [2.45, 2.75) is 43.9 Å². The Hall–Kier alpha value is -1.02. The summed E-state index contributed by atoms with van der Waals surface area (Å²) >= 11 is 0. The molecule has 0 spiro atoms. The van der Waals surface area contributed by atoms with Crippen LogP contribution < -0.4 is 5.73 Å². The van der Waals surface area contributed by atoms with E-state index in [1.54, 1.807) is 6.92 Å². The SMILES string of the molecule is CC1CN(S(=O)(=O)c2cc(CN)ccc2F)CC(C)(C)O1. The van der Waals surface area contributed by atoms with Crippen LogP contribution in [-0.2, 0) is 21.3 Å². The number of hydrogen-bond donors (Lipinski definition) is 1. The van der Waals surface area contributed by atoms with Gasteiger partial charge in [-0.05, 0) is 38.5 Å². The van der Waals surface area contributed by atoms with Gasteiger partial charge in [0.25, 0.3) is 0 Å². The van der Waals surface area contributed by atoms with Gasteiger partial charge >= 0.3 is 0 Å². The van der Waals surface area contributed by atoms with Crippen LogP contribution in [0.4, 0.5) is 4.39 Å². The Bertz CT molecular complexity index is 631. The van der Waals surface area contributed by atoms with E-state index in [2.05, 4.69) is 0 Å². The minimum atomic E-state index is -3.91. The fourth-order valence-corrected chi connectivity index (χ4v) is 4.37. The number of ether oxygens (including phenoxy) is 1. The molecule has 2 N–H and O–H groups in total. The van der Waals surface area contributed by atoms with Crippen LogP contribution >= 0.6 is 0 Å². The molecule has 1 fully saturated rings. The van der Waals surface area contributed by atoms with Crippen molar-refractivity contribution in [3.8, 4) is 0 Å². The lowest BCUT2D eigenvalue weighted by Crippen LogP contribution is -2.53. The predicted octanol–water partition coefficient (Wildman–Crippen LogP) is 1.47. The topological polar surface area (TPSA) is 72.6 Å². The van der Waals surface area contributed by atoms with E-state index in [9.17, 15) is 12.8 Å². The number of nitrogens with two attached hydrogens (primary N) is 1. The van der Waals surface area contributed by atoms with Crippen molar-refractivity contribution in [2.24, 2.45) is 5.73 Å². The van der Waals surface area contributed by atoms with E-state index in [0.29, 0.717) is 5.56 Å². The van der Waals surface area contributed by atoms with Gasteiger partial charge in [-0.2, -0.15) is 4.31 Å². The molecule has 0 radical (unpaired) electrons. The van der Waals surface area contributed by atoms with Crippen LogP contribution in [0.3, 0.4) is 0 Å². The number of morpholine rings is 1. The first-order valence-corrected chi connectivity index (χ1v) is 8.26. The van der Waals surface area contributed by atoms with Gasteiger partial charge in [-0.25, -0.2) is 12.8 Å². The van der Waals surface area contributed by atoms with E-state index < -0.39 is 21.4 Å². The lowest BCUT2D eigenvalue weighted by Gasteiger charge is -2.40. The first-order valence-electron chi connectivity index (χ1n) is 6.82. The summed E-state index contributed by atoms with van der Waals surface area (Å²) in [4.78, 5) is -0.324. The molecule has 7 heteroatoms. The van der Waals surface area contributed by atoms with Crippen LogP contribution in [0.2, 0.25) is 0 Å². The molecule has 0 aromatic heterocycles. The van der Waals surface area contributed by atoms with Crippen molar-refractivity contribution in [1.29, 1.82) is 0 Å². The van der Waals surface area contributed by atoms with E-state index in [4.69, 9.17) is 10.5 Å². The molecule has 0 saturated carbocycles. The van der Waals surface area contributed by atoms with Gasteiger partial charge in [0, 0.05) is 19.6 Å². The second kappa shape index (κ2) is 5.64. The quantitative estimate of drug-likeness (QED) is 0.916. The molecule has 1 unspecified atom stereocenters. The highest BCUT2D eigenvalue weighted by Gasteiger charge is 2.38. The number of benzene rings is 1.